The number of aryl methyl sites for hydroxylation is 1. The van der Waals surface area contributed by atoms with Gasteiger partial charge in [0, 0.05) is 29.6 Å². The molecule has 0 saturated carbocycles. The van der Waals surface area contributed by atoms with Gasteiger partial charge < -0.3 is 11.1 Å². The van der Waals surface area contributed by atoms with Crippen molar-refractivity contribution in [2.24, 2.45) is 7.05 Å². The Bertz CT molecular complexity index is 645. The lowest BCUT2D eigenvalue weighted by Crippen LogP contribution is -2.27. The summed E-state index contributed by atoms with van der Waals surface area (Å²) >= 11 is 0. The number of amides is 1. The molecule has 0 fully saturated rings. The molecule has 1 unspecified atom stereocenters. The second-order valence-corrected chi connectivity index (χ2v) is 5.02. The molecule has 0 spiro atoms. The zero-order valence-corrected chi connectivity index (χ0v) is 12.3. The molecule has 0 aliphatic rings. The number of nitrogens with zero attached hydrogens (tertiary/aromatic N) is 2. The second kappa shape index (κ2) is 5.36. The number of nitrogens with one attached hydrogen (secondary N) is 1. The lowest BCUT2D eigenvalue weighted by Gasteiger charge is -2.15. The number of aromatic nitrogens is 2. The zero-order valence-electron chi connectivity index (χ0n) is 12.3. The first-order chi connectivity index (χ1) is 9.41. The van der Waals surface area contributed by atoms with Crippen LogP contribution in [0.4, 0.5) is 5.69 Å². The summed E-state index contributed by atoms with van der Waals surface area (Å²) in [6, 6.07) is 5.26. The summed E-state index contributed by atoms with van der Waals surface area (Å²) < 4.78 is 1.80. The van der Waals surface area contributed by atoms with Gasteiger partial charge in [-0.2, -0.15) is 5.10 Å². The average molecular weight is 272 g/mol. The van der Waals surface area contributed by atoms with Gasteiger partial charge in [-0.3, -0.25) is 9.48 Å². The van der Waals surface area contributed by atoms with Crippen LogP contribution < -0.4 is 11.1 Å². The summed E-state index contributed by atoms with van der Waals surface area (Å²) in [6.45, 7) is 5.78. The molecule has 106 valence electrons. The zero-order chi connectivity index (χ0) is 14.9. The third-order valence-corrected chi connectivity index (χ3v) is 3.71. The van der Waals surface area contributed by atoms with Crippen LogP contribution in [0.15, 0.2) is 24.4 Å². The number of rotatable bonds is 3. The highest BCUT2D eigenvalue weighted by molar-refractivity contribution is 5.97. The number of anilines is 1. The molecule has 0 bridgehead atoms. The maximum atomic E-state index is 12.3. The molecule has 1 heterocycles. The molecule has 20 heavy (non-hydrogen) atoms. The third kappa shape index (κ3) is 2.52. The normalized spacial score (nSPS) is 12.2. The lowest BCUT2D eigenvalue weighted by atomic mass is 10.0. The number of benzene rings is 1. The van der Waals surface area contributed by atoms with Crippen LogP contribution in [0.5, 0.6) is 0 Å². The van der Waals surface area contributed by atoms with E-state index in [1.165, 1.54) is 0 Å². The molecule has 5 heteroatoms. The first-order valence-corrected chi connectivity index (χ1v) is 6.56. The molecule has 1 aromatic heterocycles. The topological polar surface area (TPSA) is 72.9 Å². The largest absolute Gasteiger partial charge is 0.398 e. The van der Waals surface area contributed by atoms with E-state index >= 15 is 0 Å². The van der Waals surface area contributed by atoms with Crippen LogP contribution in [0.3, 0.4) is 0 Å². The minimum atomic E-state index is -0.120. The Hall–Kier alpha value is -2.30. The predicted molar refractivity (Wildman–Crippen MR) is 79.4 cm³/mol. The van der Waals surface area contributed by atoms with E-state index in [1.54, 1.807) is 29.1 Å². The van der Waals surface area contributed by atoms with Crippen LogP contribution in [0.1, 0.15) is 40.1 Å². The van der Waals surface area contributed by atoms with Gasteiger partial charge in [0.25, 0.3) is 5.91 Å². The fourth-order valence-electron chi connectivity index (χ4n) is 2.19. The van der Waals surface area contributed by atoms with Gasteiger partial charge in [0.05, 0.1) is 12.2 Å². The molecule has 2 aromatic rings. The number of hydrogen-bond acceptors (Lipinski definition) is 3. The quantitative estimate of drug-likeness (QED) is 0.840. The minimum Gasteiger partial charge on any atom is -0.398 e. The van der Waals surface area contributed by atoms with Crippen LogP contribution >= 0.6 is 0 Å². The fourth-order valence-corrected chi connectivity index (χ4v) is 2.19. The standard InChI is InChI=1S/C15H20N4O/c1-9-12(6-5-7-14(9)16)15(20)18-10(2)13-8-17-19(4)11(13)3/h5-8,10H,16H2,1-4H3,(H,18,20). The van der Waals surface area contributed by atoms with Crippen molar-refractivity contribution in [1.29, 1.82) is 0 Å². The first-order valence-electron chi connectivity index (χ1n) is 6.56. The Morgan fingerprint density at radius 3 is 2.70 bits per heavy atom. The molecule has 1 amide bonds. The summed E-state index contributed by atoms with van der Waals surface area (Å²) in [7, 11) is 1.88. The fraction of sp³-hybridized carbons (Fsp3) is 0.333. The van der Waals surface area contributed by atoms with E-state index in [0.29, 0.717) is 11.3 Å². The lowest BCUT2D eigenvalue weighted by molar-refractivity contribution is 0.0939. The van der Waals surface area contributed by atoms with E-state index in [1.807, 2.05) is 27.8 Å². The summed E-state index contributed by atoms with van der Waals surface area (Å²) in [4.78, 5) is 12.3. The van der Waals surface area contributed by atoms with Crippen molar-refractivity contribution in [2.45, 2.75) is 26.8 Å². The predicted octanol–water partition coefficient (Wildman–Crippen LogP) is 2.11. The van der Waals surface area contributed by atoms with Gasteiger partial charge in [-0.1, -0.05) is 6.07 Å². The van der Waals surface area contributed by atoms with E-state index in [9.17, 15) is 4.79 Å². The Labute approximate surface area is 118 Å². The van der Waals surface area contributed by atoms with Gasteiger partial charge in [-0.15, -0.1) is 0 Å². The molecule has 0 aliphatic heterocycles. The van der Waals surface area contributed by atoms with Gasteiger partial charge in [-0.25, -0.2) is 0 Å². The van der Waals surface area contributed by atoms with Crippen molar-refractivity contribution in [1.82, 2.24) is 15.1 Å². The number of hydrogen-bond donors (Lipinski definition) is 2. The first kappa shape index (κ1) is 14.1. The molecule has 0 saturated heterocycles. The second-order valence-electron chi connectivity index (χ2n) is 5.02. The van der Waals surface area contributed by atoms with E-state index in [2.05, 4.69) is 10.4 Å². The van der Waals surface area contributed by atoms with Crippen LogP contribution in [0.2, 0.25) is 0 Å². The van der Waals surface area contributed by atoms with Crippen molar-refractivity contribution in [3.05, 3.63) is 46.8 Å². The Balaban J connectivity index is 2.19. The Morgan fingerprint density at radius 2 is 2.10 bits per heavy atom. The highest BCUT2D eigenvalue weighted by atomic mass is 16.1. The summed E-state index contributed by atoms with van der Waals surface area (Å²) in [6.07, 6.45) is 1.78. The molecule has 0 radical (unpaired) electrons. The summed E-state index contributed by atoms with van der Waals surface area (Å²) in [5.41, 5.74) is 9.94. The maximum absolute atomic E-state index is 12.3. The molecule has 2 rings (SSSR count). The van der Waals surface area contributed by atoms with Gasteiger partial charge in [0.1, 0.15) is 0 Å². The summed E-state index contributed by atoms with van der Waals surface area (Å²) in [5, 5.41) is 7.18. The van der Waals surface area contributed by atoms with Gasteiger partial charge in [0.2, 0.25) is 0 Å². The molecular weight excluding hydrogens is 252 g/mol. The molecule has 0 aliphatic carbocycles. The Morgan fingerprint density at radius 1 is 1.40 bits per heavy atom. The van der Waals surface area contributed by atoms with Crippen LogP contribution in [-0.4, -0.2) is 15.7 Å². The summed E-state index contributed by atoms with van der Waals surface area (Å²) in [5.74, 6) is -0.120. The number of carbonyl (C=O) groups excluding carboxylic acids is 1. The maximum Gasteiger partial charge on any atom is 0.252 e. The van der Waals surface area contributed by atoms with Gasteiger partial charge in [-0.05, 0) is 38.5 Å². The van der Waals surface area contributed by atoms with Gasteiger partial charge in [0.15, 0.2) is 0 Å². The molecule has 5 nitrogen and oxygen atoms in total. The van der Waals surface area contributed by atoms with Crippen LogP contribution in [0, 0.1) is 13.8 Å². The minimum absolute atomic E-state index is 0.1000. The number of nitrogens with two attached hydrogens (primary N) is 1. The highest BCUT2D eigenvalue weighted by Crippen LogP contribution is 2.19. The monoisotopic (exact) mass is 272 g/mol. The van der Waals surface area contributed by atoms with Crippen molar-refractivity contribution < 1.29 is 4.79 Å². The molecule has 1 aromatic carbocycles. The number of nitrogen functional groups attached to an aromatic ring is 1. The van der Waals surface area contributed by atoms with E-state index in [0.717, 1.165) is 16.8 Å². The van der Waals surface area contributed by atoms with Gasteiger partial charge >= 0.3 is 0 Å². The smallest absolute Gasteiger partial charge is 0.252 e. The van der Waals surface area contributed by atoms with Crippen molar-refractivity contribution in [3.63, 3.8) is 0 Å². The van der Waals surface area contributed by atoms with E-state index < -0.39 is 0 Å². The average Bonchev–Trinajstić information content (AvgIpc) is 2.73. The van der Waals surface area contributed by atoms with Crippen molar-refractivity contribution >= 4 is 11.6 Å². The highest BCUT2D eigenvalue weighted by Gasteiger charge is 2.17. The molecule has 1 atom stereocenters. The molecule has 3 N–H and O–H groups in total. The number of carbonyl (C=O) groups is 1. The van der Waals surface area contributed by atoms with Crippen molar-refractivity contribution in [3.8, 4) is 0 Å². The van der Waals surface area contributed by atoms with E-state index in [4.69, 9.17) is 5.73 Å². The van der Waals surface area contributed by atoms with Crippen LogP contribution in [0.25, 0.3) is 0 Å². The van der Waals surface area contributed by atoms with Crippen LogP contribution in [-0.2, 0) is 7.05 Å². The Kier molecular flexibility index (Phi) is 3.79. The SMILES string of the molecule is Cc1c(N)cccc1C(=O)NC(C)c1cnn(C)c1C. The third-order valence-electron chi connectivity index (χ3n) is 3.71. The van der Waals surface area contributed by atoms with Crippen molar-refractivity contribution in [2.75, 3.05) is 5.73 Å². The molecular formula is C15H20N4O. The van der Waals surface area contributed by atoms with E-state index in [-0.39, 0.29) is 11.9 Å².